The molecule has 2 aliphatic rings. The van der Waals surface area contributed by atoms with E-state index in [2.05, 4.69) is 11.9 Å². The van der Waals surface area contributed by atoms with Crippen molar-refractivity contribution in [3.05, 3.63) is 29.8 Å². The molecule has 1 atom stereocenters. The van der Waals surface area contributed by atoms with Gasteiger partial charge in [-0.25, -0.2) is 8.42 Å². The Kier molecular flexibility index (Phi) is 3.84. The van der Waals surface area contributed by atoms with Crippen LogP contribution >= 0.6 is 0 Å². The second-order valence-electron chi connectivity index (χ2n) is 6.75. The molecule has 0 amide bonds. The van der Waals surface area contributed by atoms with E-state index in [0.29, 0.717) is 18.0 Å². The molecular formula is C16H24N2O2S. The molecule has 2 saturated heterocycles. The van der Waals surface area contributed by atoms with Gasteiger partial charge < -0.3 is 4.90 Å². The summed E-state index contributed by atoms with van der Waals surface area (Å²) in [5.74, 6) is 0. The van der Waals surface area contributed by atoms with Crippen molar-refractivity contribution in [3.63, 3.8) is 0 Å². The van der Waals surface area contributed by atoms with Crippen molar-refractivity contribution in [1.82, 2.24) is 9.21 Å². The molecule has 0 aliphatic carbocycles. The number of benzene rings is 1. The number of hydrogen-bond acceptors (Lipinski definition) is 3. The minimum atomic E-state index is -3.35. The molecule has 1 aromatic carbocycles. The zero-order valence-electron chi connectivity index (χ0n) is 12.9. The van der Waals surface area contributed by atoms with Gasteiger partial charge in [-0.1, -0.05) is 12.1 Å². The molecule has 0 unspecified atom stereocenters. The van der Waals surface area contributed by atoms with Crippen LogP contribution in [0.25, 0.3) is 0 Å². The van der Waals surface area contributed by atoms with Gasteiger partial charge in [0.1, 0.15) is 0 Å². The zero-order chi connectivity index (χ0) is 15.1. The molecule has 1 spiro atoms. The summed E-state index contributed by atoms with van der Waals surface area (Å²) < 4.78 is 27.5. The van der Waals surface area contributed by atoms with Crippen LogP contribution in [0.5, 0.6) is 0 Å². The van der Waals surface area contributed by atoms with Gasteiger partial charge in [0.15, 0.2) is 0 Å². The minimum absolute atomic E-state index is 0.171. The summed E-state index contributed by atoms with van der Waals surface area (Å²) in [6, 6.07) is 7.25. The smallest absolute Gasteiger partial charge is 0.243 e. The van der Waals surface area contributed by atoms with Gasteiger partial charge in [0, 0.05) is 19.6 Å². The van der Waals surface area contributed by atoms with E-state index in [9.17, 15) is 8.42 Å². The van der Waals surface area contributed by atoms with Gasteiger partial charge in [0.2, 0.25) is 10.0 Å². The van der Waals surface area contributed by atoms with Crippen LogP contribution in [0, 0.1) is 12.3 Å². The van der Waals surface area contributed by atoms with Crippen molar-refractivity contribution in [2.75, 3.05) is 33.2 Å². The van der Waals surface area contributed by atoms with Crippen molar-refractivity contribution < 1.29 is 8.42 Å². The average molecular weight is 308 g/mol. The summed E-state index contributed by atoms with van der Waals surface area (Å²) in [7, 11) is -1.22. The van der Waals surface area contributed by atoms with Crippen LogP contribution in [0.15, 0.2) is 29.2 Å². The first-order valence-corrected chi connectivity index (χ1v) is 9.11. The number of nitrogens with zero attached hydrogens (tertiary/aromatic N) is 2. The first-order valence-electron chi connectivity index (χ1n) is 7.67. The van der Waals surface area contributed by atoms with Crippen LogP contribution in [-0.4, -0.2) is 50.8 Å². The Balaban J connectivity index is 1.86. The van der Waals surface area contributed by atoms with Crippen LogP contribution in [0.4, 0.5) is 0 Å². The minimum Gasteiger partial charge on any atom is -0.306 e. The molecule has 3 rings (SSSR count). The van der Waals surface area contributed by atoms with Crippen molar-refractivity contribution in [2.45, 2.75) is 31.1 Å². The third-order valence-corrected chi connectivity index (χ3v) is 6.72. The van der Waals surface area contributed by atoms with Gasteiger partial charge in [0.05, 0.1) is 4.90 Å². The van der Waals surface area contributed by atoms with Crippen LogP contribution in [0.3, 0.4) is 0 Å². The predicted molar refractivity (Wildman–Crippen MR) is 83.7 cm³/mol. The predicted octanol–water partition coefficient (Wildman–Crippen LogP) is 2.10. The molecule has 5 heteroatoms. The third-order valence-electron chi connectivity index (χ3n) is 4.88. The molecule has 0 saturated carbocycles. The van der Waals surface area contributed by atoms with E-state index < -0.39 is 10.0 Å². The maximum absolute atomic E-state index is 12.9. The quantitative estimate of drug-likeness (QED) is 0.840. The largest absolute Gasteiger partial charge is 0.306 e. The Bertz CT molecular complexity index is 625. The normalized spacial score (nSPS) is 28.3. The Morgan fingerprint density at radius 2 is 1.95 bits per heavy atom. The maximum atomic E-state index is 12.9. The van der Waals surface area contributed by atoms with Crippen molar-refractivity contribution in [3.8, 4) is 0 Å². The zero-order valence-corrected chi connectivity index (χ0v) is 13.7. The molecule has 0 aromatic heterocycles. The highest BCUT2D eigenvalue weighted by Gasteiger charge is 2.43. The second-order valence-corrected chi connectivity index (χ2v) is 8.68. The third kappa shape index (κ3) is 2.87. The molecule has 116 valence electrons. The van der Waals surface area contributed by atoms with Crippen molar-refractivity contribution in [1.29, 1.82) is 0 Å². The van der Waals surface area contributed by atoms with E-state index >= 15 is 0 Å². The van der Waals surface area contributed by atoms with E-state index in [-0.39, 0.29) is 5.41 Å². The lowest BCUT2D eigenvalue weighted by molar-refractivity contribution is 0.153. The molecule has 0 bridgehead atoms. The lowest BCUT2D eigenvalue weighted by Gasteiger charge is -2.39. The maximum Gasteiger partial charge on any atom is 0.243 e. The highest BCUT2D eigenvalue weighted by Crippen LogP contribution is 2.39. The number of aryl methyl sites for hydroxylation is 1. The van der Waals surface area contributed by atoms with E-state index in [0.717, 1.165) is 37.9 Å². The fourth-order valence-corrected chi connectivity index (χ4v) is 5.48. The van der Waals surface area contributed by atoms with Gasteiger partial charge in [-0.2, -0.15) is 4.31 Å². The molecular weight excluding hydrogens is 284 g/mol. The highest BCUT2D eigenvalue weighted by molar-refractivity contribution is 7.89. The topological polar surface area (TPSA) is 40.6 Å². The van der Waals surface area contributed by atoms with Crippen LogP contribution < -0.4 is 0 Å². The Morgan fingerprint density at radius 1 is 1.14 bits per heavy atom. The Labute approximate surface area is 127 Å². The first-order chi connectivity index (χ1) is 9.91. The molecule has 2 fully saturated rings. The standard InChI is InChI=1S/C16H24N2O2S/c1-14-5-3-6-15(11-14)21(19,20)18-9-4-7-16(13-18)8-10-17(2)12-16/h3,5-6,11H,4,7-10,12-13H2,1-2H3/t16-/m0/s1. The monoisotopic (exact) mass is 308 g/mol. The van der Waals surface area contributed by atoms with E-state index in [1.165, 1.54) is 0 Å². The lowest BCUT2D eigenvalue weighted by atomic mass is 9.80. The lowest BCUT2D eigenvalue weighted by Crippen LogP contribution is -2.47. The van der Waals surface area contributed by atoms with Gasteiger partial charge in [-0.3, -0.25) is 0 Å². The van der Waals surface area contributed by atoms with Gasteiger partial charge >= 0.3 is 0 Å². The Hall–Kier alpha value is -0.910. The fourth-order valence-electron chi connectivity index (χ4n) is 3.78. The Morgan fingerprint density at radius 3 is 2.62 bits per heavy atom. The molecule has 0 radical (unpaired) electrons. The van der Waals surface area contributed by atoms with Gasteiger partial charge in [0.25, 0.3) is 0 Å². The number of hydrogen-bond donors (Lipinski definition) is 0. The van der Waals surface area contributed by atoms with Gasteiger partial charge in [-0.15, -0.1) is 0 Å². The van der Waals surface area contributed by atoms with E-state index in [4.69, 9.17) is 0 Å². The summed E-state index contributed by atoms with van der Waals surface area (Å²) in [4.78, 5) is 2.76. The fraction of sp³-hybridized carbons (Fsp3) is 0.625. The van der Waals surface area contributed by atoms with Crippen molar-refractivity contribution in [2.24, 2.45) is 5.41 Å². The number of rotatable bonds is 2. The SMILES string of the molecule is Cc1cccc(S(=O)(=O)N2CCC[C@@]3(CCN(C)C3)C2)c1. The molecule has 4 nitrogen and oxygen atoms in total. The summed E-state index contributed by atoms with van der Waals surface area (Å²) in [6.07, 6.45) is 3.24. The van der Waals surface area contributed by atoms with Crippen LogP contribution in [-0.2, 0) is 10.0 Å². The molecule has 1 aromatic rings. The van der Waals surface area contributed by atoms with E-state index in [1.54, 1.807) is 16.4 Å². The molecule has 0 N–H and O–H groups in total. The van der Waals surface area contributed by atoms with Gasteiger partial charge in [-0.05, 0) is 62.9 Å². The average Bonchev–Trinajstić information content (AvgIpc) is 2.79. The number of likely N-dealkylation sites (tertiary alicyclic amines) is 1. The number of piperidine rings is 1. The summed E-state index contributed by atoms with van der Waals surface area (Å²) in [6.45, 7) is 5.36. The summed E-state index contributed by atoms with van der Waals surface area (Å²) in [5.41, 5.74) is 1.16. The molecule has 2 aliphatic heterocycles. The number of sulfonamides is 1. The molecule has 21 heavy (non-hydrogen) atoms. The van der Waals surface area contributed by atoms with Crippen LogP contribution in [0.1, 0.15) is 24.8 Å². The van der Waals surface area contributed by atoms with Crippen molar-refractivity contribution >= 4 is 10.0 Å². The van der Waals surface area contributed by atoms with E-state index in [1.807, 2.05) is 19.1 Å². The summed E-state index contributed by atoms with van der Waals surface area (Å²) in [5, 5.41) is 0. The first kappa shape index (κ1) is 15.0. The van der Waals surface area contributed by atoms with Crippen LogP contribution in [0.2, 0.25) is 0 Å². The summed E-state index contributed by atoms with van der Waals surface area (Å²) >= 11 is 0. The second kappa shape index (κ2) is 5.38. The highest BCUT2D eigenvalue weighted by atomic mass is 32.2. The molecule has 2 heterocycles.